The van der Waals surface area contributed by atoms with Gasteiger partial charge in [0.15, 0.2) is 0 Å². The summed E-state index contributed by atoms with van der Waals surface area (Å²) < 4.78 is 5.29. The largest absolute Gasteiger partial charge is 0.507 e. The number of fused-ring (bicyclic) bond motifs is 3. The molecular formula is C30H28N4O4. The van der Waals surface area contributed by atoms with E-state index >= 15 is 0 Å². The van der Waals surface area contributed by atoms with Crippen molar-refractivity contribution in [2.24, 2.45) is 0 Å². The normalized spacial score (nSPS) is 11.0. The lowest BCUT2D eigenvalue weighted by Gasteiger charge is -2.10. The van der Waals surface area contributed by atoms with Crippen LogP contribution in [0.1, 0.15) is 33.7 Å². The maximum absolute atomic E-state index is 13.1. The molecule has 0 spiro atoms. The van der Waals surface area contributed by atoms with Gasteiger partial charge in [-0.05, 0) is 61.4 Å². The molecule has 0 saturated carbocycles. The molecule has 2 amide bonds. The highest BCUT2D eigenvalue weighted by Crippen LogP contribution is 2.33. The number of methoxy groups -OCH3 is 1. The number of pyridine rings is 1. The van der Waals surface area contributed by atoms with Crippen LogP contribution in [-0.4, -0.2) is 47.1 Å². The van der Waals surface area contributed by atoms with E-state index in [-0.39, 0.29) is 23.1 Å². The van der Waals surface area contributed by atoms with E-state index in [2.05, 4.69) is 15.6 Å². The molecule has 8 heteroatoms. The van der Waals surface area contributed by atoms with Gasteiger partial charge in [-0.2, -0.15) is 0 Å². The Labute approximate surface area is 219 Å². The molecule has 0 unspecified atom stereocenters. The van der Waals surface area contributed by atoms with Gasteiger partial charge in [0.2, 0.25) is 0 Å². The van der Waals surface area contributed by atoms with Crippen LogP contribution in [0.2, 0.25) is 0 Å². The van der Waals surface area contributed by atoms with E-state index in [1.807, 2.05) is 54.6 Å². The van der Waals surface area contributed by atoms with Crippen molar-refractivity contribution in [3.8, 4) is 22.8 Å². The Bertz CT molecular complexity index is 1610. The average Bonchev–Trinajstić information content (AvgIpc) is 3.33. The standard InChI is InChI=1S/C30H28N4O4/c1-38-20-14-12-19(13-15-20)27-28-23(21-8-2-4-10-24(21)33-28)18-25(34-27)30(37)32-17-7-6-16-31-29(36)22-9-3-5-11-26(22)35/h2-5,8-15,18,33,35H,6-7,16-17H2,1H3,(H,31,36)(H,32,37). The van der Waals surface area contributed by atoms with Crippen molar-refractivity contribution in [2.75, 3.05) is 20.2 Å². The molecule has 5 aromatic rings. The maximum atomic E-state index is 13.1. The summed E-state index contributed by atoms with van der Waals surface area (Å²) in [6.45, 7) is 0.876. The van der Waals surface area contributed by atoms with Crippen molar-refractivity contribution < 1.29 is 19.4 Å². The van der Waals surface area contributed by atoms with Crippen LogP contribution in [0.15, 0.2) is 78.9 Å². The first-order valence-electron chi connectivity index (χ1n) is 12.5. The minimum absolute atomic E-state index is 0.0501. The van der Waals surface area contributed by atoms with Gasteiger partial charge in [-0.15, -0.1) is 0 Å². The number of aromatic amines is 1. The minimum atomic E-state index is -0.325. The molecule has 4 N–H and O–H groups in total. The molecule has 5 rings (SSSR count). The molecule has 192 valence electrons. The van der Waals surface area contributed by atoms with E-state index in [9.17, 15) is 14.7 Å². The highest BCUT2D eigenvalue weighted by atomic mass is 16.5. The molecule has 0 aliphatic heterocycles. The second kappa shape index (κ2) is 11.0. The molecule has 0 fully saturated rings. The number of carbonyl (C=O) groups excluding carboxylic acids is 2. The lowest BCUT2D eigenvalue weighted by Crippen LogP contribution is -2.28. The number of ether oxygens (including phenoxy) is 1. The number of para-hydroxylation sites is 2. The number of hydrogen-bond donors (Lipinski definition) is 4. The first-order valence-corrected chi connectivity index (χ1v) is 12.5. The fourth-order valence-corrected chi connectivity index (χ4v) is 4.43. The molecule has 8 nitrogen and oxygen atoms in total. The molecule has 3 aromatic carbocycles. The minimum Gasteiger partial charge on any atom is -0.507 e. The molecule has 2 aromatic heterocycles. The van der Waals surface area contributed by atoms with Crippen LogP contribution in [0.4, 0.5) is 0 Å². The Hall–Kier alpha value is -4.85. The number of benzene rings is 3. The highest BCUT2D eigenvalue weighted by molar-refractivity contribution is 6.13. The Balaban J connectivity index is 1.27. The van der Waals surface area contributed by atoms with E-state index in [1.165, 1.54) is 6.07 Å². The molecule has 2 heterocycles. The Morgan fingerprint density at radius 3 is 2.29 bits per heavy atom. The molecule has 0 atom stereocenters. The van der Waals surface area contributed by atoms with Crippen molar-refractivity contribution in [1.82, 2.24) is 20.6 Å². The topological polar surface area (TPSA) is 116 Å². The van der Waals surface area contributed by atoms with E-state index in [4.69, 9.17) is 9.72 Å². The monoisotopic (exact) mass is 508 g/mol. The molecule has 0 aliphatic rings. The number of aromatic nitrogens is 2. The van der Waals surface area contributed by atoms with Gasteiger partial charge in [-0.3, -0.25) is 9.59 Å². The molecule has 0 radical (unpaired) electrons. The van der Waals surface area contributed by atoms with Crippen molar-refractivity contribution in [3.63, 3.8) is 0 Å². The first-order chi connectivity index (χ1) is 18.5. The summed E-state index contributed by atoms with van der Waals surface area (Å²) >= 11 is 0. The number of hydrogen-bond acceptors (Lipinski definition) is 5. The van der Waals surface area contributed by atoms with Crippen LogP contribution in [-0.2, 0) is 0 Å². The van der Waals surface area contributed by atoms with Crippen molar-refractivity contribution in [3.05, 3.63) is 90.1 Å². The van der Waals surface area contributed by atoms with E-state index in [0.29, 0.717) is 37.3 Å². The third-order valence-electron chi connectivity index (χ3n) is 6.42. The van der Waals surface area contributed by atoms with Gasteiger partial charge >= 0.3 is 0 Å². The lowest BCUT2D eigenvalue weighted by molar-refractivity contribution is 0.0935. The fraction of sp³-hybridized carbons (Fsp3) is 0.167. The quantitative estimate of drug-likeness (QED) is 0.208. The number of H-pyrrole nitrogens is 1. The van der Waals surface area contributed by atoms with Crippen molar-refractivity contribution >= 4 is 33.6 Å². The van der Waals surface area contributed by atoms with Gasteiger partial charge < -0.3 is 25.5 Å². The van der Waals surface area contributed by atoms with E-state index in [0.717, 1.165) is 33.1 Å². The number of rotatable bonds is 9. The third kappa shape index (κ3) is 5.15. The molecule has 0 saturated heterocycles. The Kier molecular flexibility index (Phi) is 7.21. The zero-order valence-electron chi connectivity index (χ0n) is 21.0. The number of phenolic OH excluding ortho intramolecular Hbond substituents is 1. The van der Waals surface area contributed by atoms with Gasteiger partial charge in [-0.1, -0.05) is 30.3 Å². The SMILES string of the molecule is COc1ccc(-c2nc(C(=O)NCCCCNC(=O)c3ccccc3O)cc3c2[nH]c2ccccc23)cc1. The van der Waals surface area contributed by atoms with E-state index in [1.54, 1.807) is 25.3 Å². The van der Waals surface area contributed by atoms with Crippen molar-refractivity contribution in [2.45, 2.75) is 12.8 Å². The summed E-state index contributed by atoms with van der Waals surface area (Å²) in [6, 6.07) is 23.8. The Morgan fingerprint density at radius 1 is 0.868 bits per heavy atom. The summed E-state index contributed by atoms with van der Waals surface area (Å²) in [5.41, 5.74) is 3.99. The number of aromatic hydroxyl groups is 1. The third-order valence-corrected chi connectivity index (χ3v) is 6.42. The molecular weight excluding hydrogens is 480 g/mol. The lowest BCUT2D eigenvalue weighted by atomic mass is 10.1. The number of amides is 2. The second-order valence-electron chi connectivity index (χ2n) is 8.91. The summed E-state index contributed by atoms with van der Waals surface area (Å²) in [5.74, 6) is 0.109. The van der Waals surface area contributed by atoms with Gasteiger partial charge in [0, 0.05) is 34.9 Å². The highest BCUT2D eigenvalue weighted by Gasteiger charge is 2.17. The Morgan fingerprint density at radius 2 is 1.55 bits per heavy atom. The summed E-state index contributed by atoms with van der Waals surface area (Å²) in [7, 11) is 1.62. The summed E-state index contributed by atoms with van der Waals surface area (Å²) in [6.07, 6.45) is 1.35. The average molecular weight is 509 g/mol. The zero-order chi connectivity index (χ0) is 26.5. The van der Waals surface area contributed by atoms with Crippen LogP contribution in [0, 0.1) is 0 Å². The summed E-state index contributed by atoms with van der Waals surface area (Å²) in [5, 5.41) is 17.5. The zero-order valence-corrected chi connectivity index (χ0v) is 21.0. The first kappa shape index (κ1) is 24.8. The smallest absolute Gasteiger partial charge is 0.269 e. The van der Waals surface area contributed by atoms with Crippen LogP contribution in [0.5, 0.6) is 11.5 Å². The predicted octanol–water partition coefficient (Wildman–Crippen LogP) is 5.04. The fourth-order valence-electron chi connectivity index (χ4n) is 4.43. The number of nitrogens with zero attached hydrogens (tertiary/aromatic N) is 1. The second-order valence-corrected chi connectivity index (χ2v) is 8.91. The van der Waals surface area contributed by atoms with Crippen LogP contribution in [0.3, 0.4) is 0 Å². The van der Waals surface area contributed by atoms with Crippen LogP contribution >= 0.6 is 0 Å². The number of nitrogens with one attached hydrogen (secondary N) is 3. The van der Waals surface area contributed by atoms with Gasteiger partial charge in [0.25, 0.3) is 11.8 Å². The van der Waals surface area contributed by atoms with Gasteiger partial charge in [-0.25, -0.2) is 4.98 Å². The number of phenols is 1. The number of unbranched alkanes of at least 4 members (excludes halogenated alkanes) is 1. The van der Waals surface area contributed by atoms with Crippen LogP contribution in [0.25, 0.3) is 33.1 Å². The number of carbonyl (C=O) groups is 2. The maximum Gasteiger partial charge on any atom is 0.269 e. The van der Waals surface area contributed by atoms with Crippen molar-refractivity contribution in [1.29, 1.82) is 0 Å². The molecule has 0 bridgehead atoms. The van der Waals surface area contributed by atoms with Crippen LogP contribution < -0.4 is 15.4 Å². The predicted molar refractivity (Wildman–Crippen MR) is 148 cm³/mol. The van der Waals surface area contributed by atoms with E-state index < -0.39 is 0 Å². The van der Waals surface area contributed by atoms with Gasteiger partial charge in [0.05, 0.1) is 23.9 Å². The van der Waals surface area contributed by atoms with Gasteiger partial charge in [0.1, 0.15) is 17.2 Å². The summed E-state index contributed by atoms with van der Waals surface area (Å²) in [4.78, 5) is 33.5. The molecule has 38 heavy (non-hydrogen) atoms. The molecule has 0 aliphatic carbocycles.